The van der Waals surface area contributed by atoms with E-state index in [-0.39, 0.29) is 3.50 Å². The standard InChI is InChI=1S/CH2NOS.Mo/c2-4-1-3;/h2H2;. The van der Waals surface area contributed by atoms with Crippen LogP contribution < -0.4 is 5.14 Å². The van der Waals surface area contributed by atoms with E-state index in [1.54, 1.807) is 0 Å². The van der Waals surface area contributed by atoms with E-state index < -0.39 is 0 Å². The SMILES string of the molecule is NS[C](=O)[Mo]. The van der Waals surface area contributed by atoms with Crippen LogP contribution in [0.3, 0.4) is 0 Å². The Morgan fingerprint density at radius 2 is 2.20 bits per heavy atom. The first-order valence-electron chi connectivity index (χ1n) is 0.848. The first-order valence-corrected chi connectivity index (χ1v) is 2.73. The third kappa shape index (κ3) is 4.67. The molecular formula is CH2MoNOS. The Kier molecular flexibility index (Phi) is 3.27. The van der Waals surface area contributed by atoms with E-state index in [0.717, 1.165) is 11.9 Å². The zero-order valence-electron chi connectivity index (χ0n) is 2.30. The van der Waals surface area contributed by atoms with E-state index in [2.05, 4.69) is 0 Å². The minimum absolute atomic E-state index is 0.0409. The minimum atomic E-state index is -0.0409. The van der Waals surface area contributed by atoms with Gasteiger partial charge >= 0.3 is 45.2 Å². The van der Waals surface area contributed by atoms with Gasteiger partial charge in [0.25, 0.3) is 0 Å². The molecule has 0 atom stereocenters. The van der Waals surface area contributed by atoms with Crippen LogP contribution in [0.1, 0.15) is 0 Å². The summed E-state index contributed by atoms with van der Waals surface area (Å²) < 4.78 is -0.0409. The van der Waals surface area contributed by atoms with Gasteiger partial charge < -0.3 is 0 Å². The third-order valence-electron chi connectivity index (χ3n) is 0.0962. The summed E-state index contributed by atoms with van der Waals surface area (Å²) in [5.74, 6) is 0. The Morgan fingerprint density at radius 3 is 2.20 bits per heavy atom. The Hall–Kier alpha value is 0.668. The first-order chi connectivity index (χ1) is 2.27. The van der Waals surface area contributed by atoms with Crippen LogP contribution in [0.4, 0.5) is 4.79 Å². The molecule has 0 saturated heterocycles. The number of hydrogen-bond acceptors (Lipinski definition) is 3. The van der Waals surface area contributed by atoms with Crippen molar-refractivity contribution in [1.82, 2.24) is 0 Å². The van der Waals surface area contributed by atoms with E-state index in [1.807, 2.05) is 0 Å². The van der Waals surface area contributed by atoms with Crippen LogP contribution in [0.5, 0.6) is 0 Å². The molecule has 0 heterocycles. The summed E-state index contributed by atoms with van der Waals surface area (Å²) in [6.45, 7) is 0. The van der Waals surface area contributed by atoms with E-state index >= 15 is 0 Å². The average molecular weight is 172 g/mol. The Balaban J connectivity index is 2.85. The van der Waals surface area contributed by atoms with Crippen molar-refractivity contribution in [1.29, 1.82) is 0 Å². The van der Waals surface area contributed by atoms with Gasteiger partial charge in [0.1, 0.15) is 0 Å². The normalized spacial score (nSPS) is 7.40. The van der Waals surface area contributed by atoms with Crippen LogP contribution in [0, 0.1) is 0 Å². The summed E-state index contributed by atoms with van der Waals surface area (Å²) in [4.78, 5) is 9.65. The van der Waals surface area contributed by atoms with Crippen LogP contribution in [0.25, 0.3) is 0 Å². The fourth-order valence-electron chi connectivity index (χ4n) is 0. The van der Waals surface area contributed by atoms with Crippen molar-refractivity contribution in [2.75, 3.05) is 0 Å². The maximum absolute atomic E-state index is 9.65. The number of hydrogen-bond donors (Lipinski definition) is 1. The molecule has 0 aliphatic heterocycles. The monoisotopic (exact) mass is 174 g/mol. The fourth-order valence-corrected chi connectivity index (χ4v) is 0. The second kappa shape index (κ2) is 2.88. The molecule has 0 aromatic rings. The van der Waals surface area contributed by atoms with Crippen molar-refractivity contribution in [3.05, 3.63) is 0 Å². The molecule has 0 aromatic carbocycles. The van der Waals surface area contributed by atoms with Crippen molar-refractivity contribution < 1.29 is 24.6 Å². The molecule has 0 unspecified atom stereocenters. The van der Waals surface area contributed by atoms with Crippen LogP contribution >= 0.6 is 11.9 Å². The second-order valence-corrected chi connectivity index (χ2v) is 2.58. The van der Waals surface area contributed by atoms with Crippen LogP contribution in [0.15, 0.2) is 0 Å². The quantitative estimate of drug-likeness (QED) is 0.421. The Morgan fingerprint density at radius 1 is 2.00 bits per heavy atom. The van der Waals surface area contributed by atoms with Gasteiger partial charge in [-0.3, -0.25) is 0 Å². The number of carbonyl (C=O) groups is 1. The molecule has 0 aromatic heterocycles. The average Bonchev–Trinajstić information content (AvgIpc) is 1.38. The van der Waals surface area contributed by atoms with E-state index in [4.69, 9.17) is 5.14 Å². The van der Waals surface area contributed by atoms with Gasteiger partial charge in [0.05, 0.1) is 0 Å². The van der Waals surface area contributed by atoms with Gasteiger partial charge in [-0.25, -0.2) is 0 Å². The van der Waals surface area contributed by atoms with Crippen LogP contribution in [0.2, 0.25) is 0 Å². The predicted molar refractivity (Wildman–Crippen MR) is 17.2 cm³/mol. The topological polar surface area (TPSA) is 43.1 Å². The predicted octanol–water partition coefficient (Wildman–Crippen LogP) is 0.260. The molecule has 0 amide bonds. The second-order valence-electron chi connectivity index (χ2n) is 0.368. The van der Waals surface area contributed by atoms with Crippen molar-refractivity contribution in [3.8, 4) is 0 Å². The number of rotatable bonds is 0. The fraction of sp³-hybridized carbons (Fsp3) is 0. The Labute approximate surface area is 45.5 Å². The Bertz CT molecular complexity index is 46.9. The zero-order valence-corrected chi connectivity index (χ0v) is 5.13. The molecule has 0 saturated carbocycles. The molecule has 0 aliphatic rings. The van der Waals surface area contributed by atoms with Gasteiger partial charge in [0.2, 0.25) is 0 Å². The molecule has 0 bridgehead atoms. The molecule has 2 nitrogen and oxygen atoms in total. The maximum atomic E-state index is 9.65. The molecule has 5 heavy (non-hydrogen) atoms. The summed E-state index contributed by atoms with van der Waals surface area (Å²) in [7, 11) is 0. The van der Waals surface area contributed by atoms with E-state index in [0.29, 0.717) is 0 Å². The van der Waals surface area contributed by atoms with Crippen molar-refractivity contribution in [2.45, 2.75) is 0 Å². The van der Waals surface area contributed by atoms with Gasteiger partial charge in [0, 0.05) is 0 Å². The van der Waals surface area contributed by atoms with Crippen LogP contribution in [-0.4, -0.2) is 3.50 Å². The van der Waals surface area contributed by atoms with E-state index in [9.17, 15) is 4.79 Å². The molecule has 0 rings (SSSR count). The van der Waals surface area contributed by atoms with E-state index in [1.165, 1.54) is 19.8 Å². The summed E-state index contributed by atoms with van der Waals surface area (Å²) in [5, 5.41) is 4.74. The zero-order chi connectivity index (χ0) is 4.28. The molecule has 4 heteroatoms. The van der Waals surface area contributed by atoms with Crippen LogP contribution in [-0.2, 0) is 19.8 Å². The summed E-state index contributed by atoms with van der Waals surface area (Å²) in [5.41, 5.74) is 0. The molecular weight excluding hydrogens is 170 g/mol. The number of nitrogens with two attached hydrogens (primary N) is 1. The van der Waals surface area contributed by atoms with Gasteiger partial charge in [-0.2, -0.15) is 0 Å². The summed E-state index contributed by atoms with van der Waals surface area (Å²) >= 11 is 2.11. The van der Waals surface area contributed by atoms with Crippen molar-refractivity contribution in [2.24, 2.45) is 5.14 Å². The summed E-state index contributed by atoms with van der Waals surface area (Å²) in [6, 6.07) is 0. The number of carbonyl (C=O) groups excluding carboxylic acids is 1. The molecule has 0 aliphatic carbocycles. The van der Waals surface area contributed by atoms with Crippen molar-refractivity contribution >= 4 is 15.5 Å². The van der Waals surface area contributed by atoms with Gasteiger partial charge in [-0.15, -0.1) is 0 Å². The molecule has 0 fully saturated rings. The van der Waals surface area contributed by atoms with Crippen molar-refractivity contribution in [3.63, 3.8) is 0 Å². The molecule has 2 N–H and O–H groups in total. The molecule has 0 spiro atoms. The first kappa shape index (κ1) is 5.67. The third-order valence-corrected chi connectivity index (χ3v) is 0.998. The van der Waals surface area contributed by atoms with Gasteiger partial charge in [-0.1, -0.05) is 0 Å². The van der Waals surface area contributed by atoms with Gasteiger partial charge in [-0.05, 0) is 0 Å². The molecule has 0 radical (unpaired) electrons. The molecule has 29 valence electrons. The van der Waals surface area contributed by atoms with Gasteiger partial charge in [0.15, 0.2) is 0 Å². The summed E-state index contributed by atoms with van der Waals surface area (Å²) in [6.07, 6.45) is 0.